The highest BCUT2D eigenvalue weighted by atomic mass is 35.5. The van der Waals surface area contributed by atoms with Crippen molar-refractivity contribution in [3.8, 4) is 5.69 Å². The first-order valence-corrected chi connectivity index (χ1v) is 8.20. The minimum absolute atomic E-state index is 0. The van der Waals surface area contributed by atoms with Crippen LogP contribution < -0.4 is 11.1 Å². The molecule has 1 aromatic heterocycles. The molecule has 0 spiro atoms. The van der Waals surface area contributed by atoms with Crippen LogP contribution in [0.1, 0.15) is 45.7 Å². The Morgan fingerprint density at radius 3 is 2.25 bits per heavy atom. The third-order valence-corrected chi connectivity index (χ3v) is 4.06. The van der Waals surface area contributed by atoms with Gasteiger partial charge in [0.25, 0.3) is 5.91 Å². The van der Waals surface area contributed by atoms with Gasteiger partial charge in [0.15, 0.2) is 0 Å². The van der Waals surface area contributed by atoms with Crippen LogP contribution >= 0.6 is 12.4 Å². The summed E-state index contributed by atoms with van der Waals surface area (Å²) in [5, 5.41) is 2.98. The average Bonchev–Trinajstić information content (AvgIpc) is 2.77. The molecule has 2 aromatic rings. The molecule has 0 radical (unpaired) electrons. The Hall–Kier alpha value is -1.78. The number of carbonyl (C=O) groups excluding carboxylic acids is 1. The quantitative estimate of drug-likeness (QED) is 0.783. The molecule has 0 bridgehead atoms. The highest BCUT2D eigenvalue weighted by molar-refractivity contribution is 5.95. The number of aromatic nitrogens is 1. The van der Waals surface area contributed by atoms with Crippen LogP contribution in [0.3, 0.4) is 0 Å². The van der Waals surface area contributed by atoms with Crippen LogP contribution in [0.15, 0.2) is 24.3 Å². The first kappa shape index (κ1) is 20.3. The standard InChI is InChI=1S/C19H27N3O.ClH/c1-13-9-14(2)11-17(10-13)22-15(3)12-18(16(22)4)19(23)21-8-6-5-7-20;/h9-12H,5-8,20H2,1-4H3,(H,21,23);1H. The van der Waals surface area contributed by atoms with Crippen LogP contribution in [-0.4, -0.2) is 23.6 Å². The molecule has 1 heterocycles. The van der Waals surface area contributed by atoms with Gasteiger partial charge in [0.2, 0.25) is 0 Å². The Balaban J connectivity index is 0.00000288. The number of aryl methyl sites for hydroxylation is 3. The maximum absolute atomic E-state index is 12.4. The summed E-state index contributed by atoms with van der Waals surface area (Å²) in [6.45, 7) is 9.56. The van der Waals surface area contributed by atoms with E-state index in [1.54, 1.807) is 0 Å². The topological polar surface area (TPSA) is 60.0 Å². The van der Waals surface area contributed by atoms with Gasteiger partial charge < -0.3 is 15.6 Å². The number of nitrogens with two attached hydrogens (primary N) is 1. The second-order valence-electron chi connectivity index (χ2n) is 6.22. The number of carbonyl (C=O) groups is 1. The van der Waals surface area contributed by atoms with Crippen molar-refractivity contribution in [2.75, 3.05) is 13.1 Å². The highest BCUT2D eigenvalue weighted by Gasteiger charge is 2.16. The van der Waals surface area contributed by atoms with Crippen molar-refractivity contribution in [1.82, 2.24) is 9.88 Å². The molecule has 0 saturated carbocycles. The number of nitrogens with one attached hydrogen (secondary N) is 1. The van der Waals surface area contributed by atoms with Gasteiger partial charge in [0.1, 0.15) is 0 Å². The van der Waals surface area contributed by atoms with E-state index in [0.29, 0.717) is 13.1 Å². The summed E-state index contributed by atoms with van der Waals surface area (Å²) in [6, 6.07) is 8.42. The number of hydrogen-bond donors (Lipinski definition) is 2. The molecule has 4 nitrogen and oxygen atoms in total. The summed E-state index contributed by atoms with van der Waals surface area (Å²) in [4.78, 5) is 12.4. The third kappa shape index (κ3) is 4.62. The Bertz CT molecular complexity index is 687. The molecule has 3 N–H and O–H groups in total. The fourth-order valence-corrected chi connectivity index (χ4v) is 3.04. The van der Waals surface area contributed by atoms with Gasteiger partial charge in [-0.15, -0.1) is 12.4 Å². The molecule has 0 fully saturated rings. The van der Waals surface area contributed by atoms with E-state index in [0.717, 1.165) is 35.5 Å². The zero-order chi connectivity index (χ0) is 17.0. The zero-order valence-corrected chi connectivity index (χ0v) is 15.8. The zero-order valence-electron chi connectivity index (χ0n) is 15.0. The van der Waals surface area contributed by atoms with Crippen molar-refractivity contribution in [3.05, 3.63) is 52.3 Å². The van der Waals surface area contributed by atoms with Crippen LogP contribution in [0.4, 0.5) is 0 Å². The van der Waals surface area contributed by atoms with Crippen LogP contribution in [-0.2, 0) is 0 Å². The lowest BCUT2D eigenvalue weighted by Gasteiger charge is -2.12. The molecule has 0 aliphatic rings. The largest absolute Gasteiger partial charge is 0.352 e. The van der Waals surface area contributed by atoms with E-state index in [-0.39, 0.29) is 18.3 Å². The number of amides is 1. The summed E-state index contributed by atoms with van der Waals surface area (Å²) in [6.07, 6.45) is 1.85. The van der Waals surface area contributed by atoms with Gasteiger partial charge in [-0.2, -0.15) is 0 Å². The molecule has 0 saturated heterocycles. The maximum atomic E-state index is 12.4. The second-order valence-corrected chi connectivity index (χ2v) is 6.22. The molecule has 2 rings (SSSR count). The fraction of sp³-hybridized carbons (Fsp3) is 0.421. The summed E-state index contributed by atoms with van der Waals surface area (Å²) in [5.41, 5.74) is 11.8. The van der Waals surface area contributed by atoms with Crippen LogP contribution in [0.5, 0.6) is 0 Å². The van der Waals surface area contributed by atoms with Crippen molar-refractivity contribution in [3.63, 3.8) is 0 Å². The summed E-state index contributed by atoms with van der Waals surface area (Å²) in [7, 11) is 0. The normalized spacial score (nSPS) is 10.4. The number of hydrogen-bond acceptors (Lipinski definition) is 2. The summed E-state index contributed by atoms with van der Waals surface area (Å²) >= 11 is 0. The third-order valence-electron chi connectivity index (χ3n) is 4.06. The van der Waals surface area contributed by atoms with Crippen molar-refractivity contribution in [2.24, 2.45) is 5.73 Å². The van der Waals surface area contributed by atoms with Crippen molar-refractivity contribution < 1.29 is 4.79 Å². The highest BCUT2D eigenvalue weighted by Crippen LogP contribution is 2.22. The molecule has 0 aliphatic carbocycles. The lowest BCUT2D eigenvalue weighted by atomic mass is 10.1. The molecule has 1 aromatic carbocycles. The Kier molecular flexibility index (Phi) is 7.52. The van der Waals surface area contributed by atoms with Gasteiger partial charge in [0.05, 0.1) is 5.56 Å². The summed E-state index contributed by atoms with van der Waals surface area (Å²) < 4.78 is 2.15. The molecule has 0 unspecified atom stereocenters. The van der Waals surface area contributed by atoms with E-state index < -0.39 is 0 Å². The van der Waals surface area contributed by atoms with Gasteiger partial charge in [-0.3, -0.25) is 4.79 Å². The van der Waals surface area contributed by atoms with E-state index in [9.17, 15) is 4.79 Å². The van der Waals surface area contributed by atoms with Gasteiger partial charge in [-0.05, 0) is 76.4 Å². The van der Waals surface area contributed by atoms with E-state index in [4.69, 9.17) is 5.73 Å². The van der Waals surface area contributed by atoms with E-state index >= 15 is 0 Å². The fourth-order valence-electron chi connectivity index (χ4n) is 3.04. The minimum atomic E-state index is -0.00857. The van der Waals surface area contributed by atoms with Crippen LogP contribution in [0.2, 0.25) is 0 Å². The number of halogens is 1. The van der Waals surface area contributed by atoms with Gasteiger partial charge in [-0.25, -0.2) is 0 Å². The SMILES string of the molecule is Cc1cc(C)cc(-n2c(C)cc(C(=O)NCCCCN)c2C)c1.Cl. The first-order valence-electron chi connectivity index (χ1n) is 8.20. The predicted octanol–water partition coefficient (Wildman–Crippen LogP) is 3.60. The van der Waals surface area contributed by atoms with Crippen molar-refractivity contribution in [1.29, 1.82) is 0 Å². The van der Waals surface area contributed by atoms with Crippen molar-refractivity contribution in [2.45, 2.75) is 40.5 Å². The lowest BCUT2D eigenvalue weighted by Crippen LogP contribution is -2.25. The van der Waals surface area contributed by atoms with Crippen LogP contribution in [0, 0.1) is 27.7 Å². The van der Waals surface area contributed by atoms with Crippen LogP contribution in [0.25, 0.3) is 5.69 Å². The van der Waals surface area contributed by atoms with E-state index in [1.807, 2.05) is 19.9 Å². The van der Waals surface area contributed by atoms with E-state index in [1.165, 1.54) is 11.1 Å². The predicted molar refractivity (Wildman–Crippen MR) is 103 cm³/mol. The van der Waals surface area contributed by atoms with Gasteiger partial charge in [0, 0.05) is 23.6 Å². The Labute approximate surface area is 150 Å². The average molecular weight is 350 g/mol. The number of unbranched alkanes of at least 4 members (excludes halogenated alkanes) is 1. The Morgan fingerprint density at radius 2 is 1.67 bits per heavy atom. The summed E-state index contributed by atoms with van der Waals surface area (Å²) in [5.74, 6) is -0.00857. The molecule has 24 heavy (non-hydrogen) atoms. The second kappa shape index (κ2) is 8.90. The monoisotopic (exact) mass is 349 g/mol. The molecule has 132 valence electrons. The smallest absolute Gasteiger partial charge is 0.253 e. The minimum Gasteiger partial charge on any atom is -0.352 e. The van der Waals surface area contributed by atoms with Gasteiger partial charge >= 0.3 is 0 Å². The molecular weight excluding hydrogens is 322 g/mol. The molecule has 5 heteroatoms. The van der Waals surface area contributed by atoms with Crippen molar-refractivity contribution >= 4 is 18.3 Å². The molecule has 1 amide bonds. The van der Waals surface area contributed by atoms with Gasteiger partial charge in [-0.1, -0.05) is 6.07 Å². The van der Waals surface area contributed by atoms with E-state index in [2.05, 4.69) is 41.9 Å². The molecule has 0 atom stereocenters. The Morgan fingerprint density at radius 1 is 1.04 bits per heavy atom. The lowest BCUT2D eigenvalue weighted by molar-refractivity contribution is 0.0952. The number of nitrogens with zero attached hydrogens (tertiary/aromatic N) is 1. The maximum Gasteiger partial charge on any atom is 0.253 e. The number of rotatable bonds is 6. The molecular formula is C19H28ClN3O. The number of benzene rings is 1. The molecule has 0 aliphatic heterocycles. The first-order chi connectivity index (χ1) is 10.9.